The summed E-state index contributed by atoms with van der Waals surface area (Å²) in [5, 5.41) is 0. The zero-order valence-corrected chi connectivity index (χ0v) is 13.5. The number of hydrogen-bond donors (Lipinski definition) is 0. The molecule has 0 rings (SSSR count). The van der Waals surface area contributed by atoms with Gasteiger partial charge in [0, 0.05) is 0 Å². The van der Waals surface area contributed by atoms with Gasteiger partial charge < -0.3 is 0 Å². The second-order valence-corrected chi connectivity index (χ2v) is 5.91. The summed E-state index contributed by atoms with van der Waals surface area (Å²) in [5.41, 5.74) is 0.552. The first-order valence-corrected chi connectivity index (χ1v) is 8.06. The molecule has 0 heterocycles. The molecule has 0 aliphatic carbocycles. The SMILES string of the molecule is CCC(CC)C(C)(C(CC)CC)C(CC)CC. The van der Waals surface area contributed by atoms with Crippen molar-refractivity contribution in [2.75, 3.05) is 0 Å². The van der Waals surface area contributed by atoms with Crippen LogP contribution < -0.4 is 0 Å². The van der Waals surface area contributed by atoms with E-state index >= 15 is 0 Å². The van der Waals surface area contributed by atoms with Crippen LogP contribution in [0.4, 0.5) is 0 Å². The first kappa shape index (κ1) is 17.0. The smallest absolute Gasteiger partial charge is 0.0242 e. The Morgan fingerprint density at radius 3 is 0.824 bits per heavy atom. The Bertz CT molecular complexity index is 139. The minimum Gasteiger partial charge on any atom is -0.0651 e. The molecule has 0 amide bonds. The Morgan fingerprint density at radius 1 is 0.529 bits per heavy atom. The molecule has 104 valence electrons. The lowest BCUT2D eigenvalue weighted by molar-refractivity contribution is 0.00438. The molecule has 0 N–H and O–H groups in total. The van der Waals surface area contributed by atoms with Crippen LogP contribution in [-0.2, 0) is 0 Å². The van der Waals surface area contributed by atoms with Gasteiger partial charge in [-0.2, -0.15) is 0 Å². The molecule has 0 unspecified atom stereocenters. The lowest BCUT2D eigenvalue weighted by atomic mass is 9.56. The zero-order valence-electron chi connectivity index (χ0n) is 13.5. The van der Waals surface area contributed by atoms with E-state index in [0.717, 1.165) is 17.8 Å². The molecule has 0 bridgehead atoms. The highest BCUT2D eigenvalue weighted by Gasteiger charge is 2.42. The van der Waals surface area contributed by atoms with Gasteiger partial charge in [-0.25, -0.2) is 0 Å². The van der Waals surface area contributed by atoms with Crippen LogP contribution >= 0.6 is 0 Å². The van der Waals surface area contributed by atoms with E-state index in [9.17, 15) is 0 Å². The van der Waals surface area contributed by atoms with E-state index in [-0.39, 0.29) is 0 Å². The van der Waals surface area contributed by atoms with Crippen molar-refractivity contribution in [3.05, 3.63) is 0 Å². The summed E-state index contributed by atoms with van der Waals surface area (Å²) < 4.78 is 0. The predicted octanol–water partition coefficient (Wildman–Crippen LogP) is 6.30. The Morgan fingerprint density at radius 2 is 0.706 bits per heavy atom. The summed E-state index contributed by atoms with van der Waals surface area (Å²) in [7, 11) is 0. The van der Waals surface area contributed by atoms with Crippen LogP contribution in [0.15, 0.2) is 0 Å². The molecule has 0 aromatic rings. The Hall–Kier alpha value is 0. The van der Waals surface area contributed by atoms with E-state index < -0.39 is 0 Å². The van der Waals surface area contributed by atoms with Crippen molar-refractivity contribution in [2.45, 2.75) is 87.0 Å². The van der Waals surface area contributed by atoms with Crippen molar-refractivity contribution in [2.24, 2.45) is 23.2 Å². The molecular weight excluding hydrogens is 204 g/mol. The lowest BCUT2D eigenvalue weighted by Gasteiger charge is -2.49. The van der Waals surface area contributed by atoms with Crippen LogP contribution in [0.2, 0.25) is 0 Å². The topological polar surface area (TPSA) is 0 Å². The molecule has 0 aromatic carbocycles. The average Bonchev–Trinajstić information content (AvgIpc) is 2.33. The third-order valence-electron chi connectivity index (χ3n) is 5.60. The third kappa shape index (κ3) is 3.48. The molecule has 0 aliphatic heterocycles. The molecule has 0 fully saturated rings. The quantitative estimate of drug-likeness (QED) is 0.443. The predicted molar refractivity (Wildman–Crippen MR) is 80.3 cm³/mol. The van der Waals surface area contributed by atoms with Crippen molar-refractivity contribution in [1.82, 2.24) is 0 Å². The van der Waals surface area contributed by atoms with E-state index in [2.05, 4.69) is 48.5 Å². The van der Waals surface area contributed by atoms with Crippen molar-refractivity contribution in [3.8, 4) is 0 Å². The van der Waals surface area contributed by atoms with Crippen LogP contribution in [0, 0.1) is 23.2 Å². The molecule has 0 radical (unpaired) electrons. The van der Waals surface area contributed by atoms with Crippen molar-refractivity contribution >= 4 is 0 Å². The molecule has 0 heteroatoms. The number of rotatable bonds is 9. The first-order valence-electron chi connectivity index (χ1n) is 8.06. The normalized spacial score (nSPS) is 13.1. The van der Waals surface area contributed by atoms with Gasteiger partial charge >= 0.3 is 0 Å². The summed E-state index contributed by atoms with van der Waals surface area (Å²) in [6.45, 7) is 16.9. The van der Waals surface area contributed by atoms with Gasteiger partial charge in [-0.15, -0.1) is 0 Å². The Balaban J connectivity index is 5.29. The molecule has 17 heavy (non-hydrogen) atoms. The molecule has 0 spiro atoms. The molecule has 0 aromatic heterocycles. The van der Waals surface area contributed by atoms with Gasteiger partial charge in [0.15, 0.2) is 0 Å². The van der Waals surface area contributed by atoms with Crippen molar-refractivity contribution in [3.63, 3.8) is 0 Å². The van der Waals surface area contributed by atoms with Gasteiger partial charge in [0.1, 0.15) is 0 Å². The van der Waals surface area contributed by atoms with Crippen LogP contribution in [0.1, 0.15) is 87.0 Å². The van der Waals surface area contributed by atoms with Crippen molar-refractivity contribution < 1.29 is 0 Å². The fraction of sp³-hybridized carbons (Fsp3) is 1.00. The monoisotopic (exact) mass is 240 g/mol. The molecule has 0 atom stereocenters. The zero-order chi connectivity index (χ0) is 13.5. The summed E-state index contributed by atoms with van der Waals surface area (Å²) in [4.78, 5) is 0. The summed E-state index contributed by atoms with van der Waals surface area (Å²) in [6, 6.07) is 0. The summed E-state index contributed by atoms with van der Waals surface area (Å²) >= 11 is 0. The molecular formula is C17H36. The van der Waals surface area contributed by atoms with E-state index in [1.807, 2.05) is 0 Å². The van der Waals surface area contributed by atoms with Crippen LogP contribution in [0.5, 0.6) is 0 Å². The molecule has 0 aliphatic rings. The van der Waals surface area contributed by atoms with E-state index in [4.69, 9.17) is 0 Å². The van der Waals surface area contributed by atoms with Gasteiger partial charge in [0.25, 0.3) is 0 Å². The third-order valence-corrected chi connectivity index (χ3v) is 5.60. The first-order chi connectivity index (χ1) is 8.06. The maximum absolute atomic E-state index is 2.60. The standard InChI is InChI=1S/C17H36/c1-8-14(9-2)17(7,15(10-3)11-4)16(12-5)13-6/h14-16H,8-13H2,1-7H3. The van der Waals surface area contributed by atoms with Gasteiger partial charge in [0.2, 0.25) is 0 Å². The minimum atomic E-state index is 0.552. The van der Waals surface area contributed by atoms with Crippen LogP contribution in [0.3, 0.4) is 0 Å². The second kappa shape index (κ2) is 8.16. The molecule has 0 saturated carbocycles. The Labute approximate surface area is 111 Å². The van der Waals surface area contributed by atoms with E-state index in [0.29, 0.717) is 5.41 Å². The van der Waals surface area contributed by atoms with Crippen molar-refractivity contribution in [1.29, 1.82) is 0 Å². The van der Waals surface area contributed by atoms with E-state index in [1.165, 1.54) is 38.5 Å². The lowest BCUT2D eigenvalue weighted by Crippen LogP contribution is -2.41. The fourth-order valence-electron chi connectivity index (χ4n) is 4.50. The van der Waals surface area contributed by atoms with Gasteiger partial charge in [0.05, 0.1) is 0 Å². The van der Waals surface area contributed by atoms with Gasteiger partial charge in [-0.05, 0) is 23.2 Å². The second-order valence-electron chi connectivity index (χ2n) is 5.91. The maximum Gasteiger partial charge on any atom is -0.0242 e. The summed E-state index contributed by atoms with van der Waals surface area (Å²) in [5.74, 6) is 2.70. The largest absolute Gasteiger partial charge is 0.0651 e. The van der Waals surface area contributed by atoms with Crippen LogP contribution in [0.25, 0.3) is 0 Å². The molecule has 0 saturated heterocycles. The average molecular weight is 240 g/mol. The highest BCUT2D eigenvalue weighted by molar-refractivity contribution is 4.91. The minimum absolute atomic E-state index is 0.552. The van der Waals surface area contributed by atoms with Gasteiger partial charge in [-0.3, -0.25) is 0 Å². The highest BCUT2D eigenvalue weighted by Crippen LogP contribution is 2.50. The van der Waals surface area contributed by atoms with Gasteiger partial charge in [-0.1, -0.05) is 87.0 Å². The molecule has 0 nitrogen and oxygen atoms in total. The maximum atomic E-state index is 2.60. The van der Waals surface area contributed by atoms with Crippen LogP contribution in [-0.4, -0.2) is 0 Å². The fourth-order valence-corrected chi connectivity index (χ4v) is 4.50. The Kier molecular flexibility index (Phi) is 8.16. The van der Waals surface area contributed by atoms with E-state index in [1.54, 1.807) is 0 Å². The highest BCUT2D eigenvalue weighted by atomic mass is 14.5. The number of hydrogen-bond acceptors (Lipinski definition) is 0. The summed E-state index contributed by atoms with van der Waals surface area (Å²) in [6.07, 6.45) is 8.08.